The largest absolute Gasteiger partial charge is 0.497 e. The van der Waals surface area contributed by atoms with Crippen molar-refractivity contribution in [2.24, 2.45) is 0 Å². The summed E-state index contributed by atoms with van der Waals surface area (Å²) in [5.41, 5.74) is 3.22. The van der Waals surface area contributed by atoms with Gasteiger partial charge >= 0.3 is 5.97 Å². The fourth-order valence-electron chi connectivity index (χ4n) is 2.69. The Kier molecular flexibility index (Phi) is 5.27. The molecule has 5 heteroatoms. The summed E-state index contributed by atoms with van der Waals surface area (Å²) in [6.07, 6.45) is 0. The van der Waals surface area contributed by atoms with Gasteiger partial charge in [-0.25, -0.2) is 14.8 Å². The summed E-state index contributed by atoms with van der Waals surface area (Å²) >= 11 is 0. The van der Waals surface area contributed by atoms with Crippen LogP contribution in [0.1, 0.15) is 23.0 Å². The fraction of sp³-hybridized carbons (Fsp3) is 0.190. The van der Waals surface area contributed by atoms with Crippen molar-refractivity contribution in [3.8, 4) is 28.4 Å². The Labute approximate surface area is 152 Å². The van der Waals surface area contributed by atoms with Crippen molar-refractivity contribution < 1.29 is 14.3 Å². The second kappa shape index (κ2) is 7.78. The van der Waals surface area contributed by atoms with Gasteiger partial charge in [-0.1, -0.05) is 30.3 Å². The van der Waals surface area contributed by atoms with E-state index in [2.05, 4.69) is 9.97 Å². The molecule has 2 aromatic carbocycles. The predicted octanol–water partition coefficient (Wildman–Crippen LogP) is 4.30. The molecule has 0 saturated heterocycles. The van der Waals surface area contributed by atoms with Crippen LogP contribution >= 0.6 is 0 Å². The second-order valence-electron chi connectivity index (χ2n) is 5.67. The SMILES string of the molecule is CCOC(=O)c1c(C)nc(-c2ccccc2)nc1-c1ccc(OC)cc1. The maximum absolute atomic E-state index is 12.5. The summed E-state index contributed by atoms with van der Waals surface area (Å²) in [7, 11) is 1.61. The van der Waals surface area contributed by atoms with Crippen molar-refractivity contribution in [3.63, 3.8) is 0 Å². The number of aromatic nitrogens is 2. The van der Waals surface area contributed by atoms with Crippen LogP contribution in [-0.2, 0) is 4.74 Å². The quantitative estimate of drug-likeness (QED) is 0.643. The molecule has 0 aliphatic carbocycles. The minimum atomic E-state index is -0.421. The Morgan fingerprint density at radius 2 is 1.65 bits per heavy atom. The fourth-order valence-corrected chi connectivity index (χ4v) is 2.69. The van der Waals surface area contributed by atoms with Crippen LogP contribution in [0.15, 0.2) is 54.6 Å². The van der Waals surface area contributed by atoms with Gasteiger partial charge in [0.05, 0.1) is 25.1 Å². The molecule has 0 unspecified atom stereocenters. The van der Waals surface area contributed by atoms with E-state index in [0.717, 1.165) is 16.9 Å². The molecule has 0 N–H and O–H groups in total. The number of methoxy groups -OCH3 is 1. The maximum Gasteiger partial charge on any atom is 0.342 e. The van der Waals surface area contributed by atoms with Crippen molar-refractivity contribution in [2.45, 2.75) is 13.8 Å². The van der Waals surface area contributed by atoms with E-state index in [1.165, 1.54) is 0 Å². The van der Waals surface area contributed by atoms with E-state index in [1.807, 2.05) is 54.6 Å². The zero-order valence-electron chi connectivity index (χ0n) is 15.0. The molecule has 3 rings (SSSR count). The highest BCUT2D eigenvalue weighted by Gasteiger charge is 2.21. The minimum absolute atomic E-state index is 0.292. The lowest BCUT2D eigenvalue weighted by atomic mass is 10.0. The smallest absolute Gasteiger partial charge is 0.342 e. The molecule has 0 fully saturated rings. The van der Waals surface area contributed by atoms with Crippen molar-refractivity contribution in [1.82, 2.24) is 9.97 Å². The molecular weight excluding hydrogens is 328 g/mol. The Bertz CT molecular complexity index is 907. The van der Waals surface area contributed by atoms with Gasteiger partial charge in [0.15, 0.2) is 5.82 Å². The number of esters is 1. The number of hydrogen-bond donors (Lipinski definition) is 0. The average Bonchev–Trinajstić information content (AvgIpc) is 2.68. The molecule has 5 nitrogen and oxygen atoms in total. The van der Waals surface area contributed by atoms with Gasteiger partial charge in [-0.3, -0.25) is 0 Å². The molecule has 0 radical (unpaired) electrons. The Morgan fingerprint density at radius 3 is 2.27 bits per heavy atom. The van der Waals surface area contributed by atoms with Crippen LogP contribution in [0.5, 0.6) is 5.75 Å². The first-order valence-electron chi connectivity index (χ1n) is 8.39. The van der Waals surface area contributed by atoms with Crippen LogP contribution in [0.2, 0.25) is 0 Å². The molecule has 0 aliphatic rings. The van der Waals surface area contributed by atoms with Gasteiger partial charge in [0.1, 0.15) is 11.3 Å². The molecule has 0 atom stereocenters. The first-order chi connectivity index (χ1) is 12.6. The third kappa shape index (κ3) is 3.57. The van der Waals surface area contributed by atoms with Crippen molar-refractivity contribution in [3.05, 3.63) is 65.9 Å². The summed E-state index contributed by atoms with van der Waals surface area (Å²) in [5, 5.41) is 0. The van der Waals surface area contributed by atoms with Crippen LogP contribution in [0.3, 0.4) is 0 Å². The number of aryl methyl sites for hydroxylation is 1. The first-order valence-corrected chi connectivity index (χ1v) is 8.39. The van der Waals surface area contributed by atoms with Crippen molar-refractivity contribution >= 4 is 5.97 Å². The van der Waals surface area contributed by atoms with Gasteiger partial charge in [-0.05, 0) is 38.1 Å². The number of nitrogens with zero attached hydrogens (tertiary/aromatic N) is 2. The van der Waals surface area contributed by atoms with Gasteiger partial charge in [0.2, 0.25) is 0 Å². The standard InChI is InChI=1S/C21H20N2O3/c1-4-26-21(24)18-14(2)22-20(16-8-6-5-7-9-16)23-19(18)15-10-12-17(25-3)13-11-15/h5-13H,4H2,1-3H3. The van der Waals surface area contributed by atoms with E-state index in [1.54, 1.807) is 21.0 Å². The molecule has 0 saturated carbocycles. The number of ether oxygens (including phenoxy) is 2. The molecular formula is C21H20N2O3. The highest BCUT2D eigenvalue weighted by atomic mass is 16.5. The van der Waals surface area contributed by atoms with Crippen LogP contribution in [0, 0.1) is 6.92 Å². The number of hydrogen-bond acceptors (Lipinski definition) is 5. The summed E-state index contributed by atoms with van der Waals surface area (Å²) < 4.78 is 10.4. The first kappa shape index (κ1) is 17.6. The molecule has 132 valence electrons. The average molecular weight is 348 g/mol. The molecule has 0 aliphatic heterocycles. The Morgan fingerprint density at radius 1 is 0.962 bits per heavy atom. The van der Waals surface area contributed by atoms with E-state index in [-0.39, 0.29) is 0 Å². The van der Waals surface area contributed by atoms with Gasteiger partial charge in [-0.2, -0.15) is 0 Å². The van der Waals surface area contributed by atoms with Gasteiger partial charge in [0.25, 0.3) is 0 Å². The van der Waals surface area contributed by atoms with Crippen molar-refractivity contribution in [1.29, 1.82) is 0 Å². The minimum Gasteiger partial charge on any atom is -0.497 e. The summed E-state index contributed by atoms with van der Waals surface area (Å²) in [6, 6.07) is 17.1. The highest BCUT2D eigenvalue weighted by molar-refractivity contribution is 5.97. The monoisotopic (exact) mass is 348 g/mol. The third-order valence-corrected chi connectivity index (χ3v) is 3.96. The third-order valence-electron chi connectivity index (χ3n) is 3.96. The molecule has 0 bridgehead atoms. The van der Waals surface area contributed by atoms with Crippen LogP contribution in [0.4, 0.5) is 0 Å². The van der Waals surface area contributed by atoms with E-state index < -0.39 is 5.97 Å². The zero-order valence-corrected chi connectivity index (χ0v) is 15.0. The Hall–Kier alpha value is -3.21. The number of carbonyl (C=O) groups excluding carboxylic acids is 1. The number of carbonyl (C=O) groups is 1. The highest BCUT2D eigenvalue weighted by Crippen LogP contribution is 2.29. The number of rotatable bonds is 5. The summed E-state index contributed by atoms with van der Waals surface area (Å²) in [4.78, 5) is 21.7. The second-order valence-corrected chi connectivity index (χ2v) is 5.67. The normalized spacial score (nSPS) is 10.4. The van der Waals surface area contributed by atoms with E-state index in [0.29, 0.717) is 29.4 Å². The molecule has 0 spiro atoms. The molecule has 26 heavy (non-hydrogen) atoms. The lowest BCUT2D eigenvalue weighted by Gasteiger charge is -2.13. The topological polar surface area (TPSA) is 61.3 Å². The van der Waals surface area contributed by atoms with Gasteiger partial charge < -0.3 is 9.47 Å². The maximum atomic E-state index is 12.5. The Balaban J connectivity index is 2.19. The van der Waals surface area contributed by atoms with Gasteiger partial charge in [-0.15, -0.1) is 0 Å². The molecule has 1 heterocycles. The van der Waals surface area contributed by atoms with E-state index in [9.17, 15) is 4.79 Å². The molecule has 1 aromatic heterocycles. The lowest BCUT2D eigenvalue weighted by molar-refractivity contribution is 0.0525. The lowest BCUT2D eigenvalue weighted by Crippen LogP contribution is -2.12. The zero-order chi connectivity index (χ0) is 18.5. The molecule has 0 amide bonds. The van der Waals surface area contributed by atoms with Gasteiger partial charge in [0, 0.05) is 11.1 Å². The number of benzene rings is 2. The van der Waals surface area contributed by atoms with Crippen molar-refractivity contribution in [2.75, 3.05) is 13.7 Å². The van der Waals surface area contributed by atoms with Crippen LogP contribution in [0.25, 0.3) is 22.6 Å². The summed E-state index contributed by atoms with van der Waals surface area (Å²) in [6.45, 7) is 3.87. The summed E-state index contributed by atoms with van der Waals surface area (Å²) in [5.74, 6) is 0.887. The predicted molar refractivity (Wildman–Crippen MR) is 100 cm³/mol. The van der Waals surface area contributed by atoms with E-state index >= 15 is 0 Å². The van der Waals surface area contributed by atoms with Crippen LogP contribution in [-0.4, -0.2) is 29.7 Å². The van der Waals surface area contributed by atoms with Crippen LogP contribution < -0.4 is 4.74 Å². The van der Waals surface area contributed by atoms with E-state index in [4.69, 9.17) is 9.47 Å². The molecule has 3 aromatic rings.